The van der Waals surface area contributed by atoms with Gasteiger partial charge in [-0.3, -0.25) is 4.99 Å². The van der Waals surface area contributed by atoms with E-state index >= 15 is 0 Å². The first kappa shape index (κ1) is 11.9. The smallest absolute Gasteiger partial charge is 0.124 e. The molecule has 0 spiro atoms. The van der Waals surface area contributed by atoms with E-state index in [9.17, 15) is 0 Å². The molecule has 1 unspecified atom stereocenters. The van der Waals surface area contributed by atoms with Gasteiger partial charge in [0, 0.05) is 14.7 Å². The first-order chi connectivity index (χ1) is 6.47. The Morgan fingerprint density at radius 1 is 1.50 bits per heavy atom. The molecule has 0 fully saturated rings. The Bertz CT molecular complexity index is 245. The van der Waals surface area contributed by atoms with Crippen molar-refractivity contribution in [1.82, 2.24) is 0 Å². The predicted molar refractivity (Wildman–Crippen MR) is 65.2 cm³/mol. The average molecular weight is 232 g/mol. The van der Waals surface area contributed by atoms with Crippen LogP contribution in [0.25, 0.3) is 0 Å². The quantitative estimate of drug-likeness (QED) is 0.527. The minimum Gasteiger partial charge on any atom is -0.379 e. The van der Waals surface area contributed by atoms with E-state index in [0.29, 0.717) is 11.8 Å². The summed E-state index contributed by atoms with van der Waals surface area (Å²) in [6.07, 6.45) is 3.81. The summed E-state index contributed by atoms with van der Waals surface area (Å²) < 4.78 is 5.56. The largest absolute Gasteiger partial charge is 0.379 e. The van der Waals surface area contributed by atoms with E-state index in [1.807, 2.05) is 12.2 Å². The molecular weight excluding hydrogens is 214 g/mol. The maximum atomic E-state index is 5.71. The molecule has 1 atom stereocenters. The van der Waals surface area contributed by atoms with Crippen LogP contribution in [0.1, 0.15) is 0 Å². The molecule has 0 aromatic rings. The van der Waals surface area contributed by atoms with Gasteiger partial charge in [0.15, 0.2) is 0 Å². The van der Waals surface area contributed by atoms with Crippen LogP contribution in [0, 0.1) is 0 Å². The maximum absolute atomic E-state index is 5.71. The molecule has 1 heterocycles. The van der Waals surface area contributed by atoms with Crippen LogP contribution >= 0.6 is 11.6 Å². The van der Waals surface area contributed by atoms with Crippen molar-refractivity contribution in [2.45, 2.75) is 31.7 Å². The lowest BCUT2D eigenvalue weighted by Gasteiger charge is -2.15. The summed E-state index contributed by atoms with van der Waals surface area (Å²) in [5.74, 6) is 0. The number of hydrogen-bond donors (Lipinski definition) is 0. The second-order valence-corrected chi connectivity index (χ2v) is 10.8. The zero-order valence-corrected chi connectivity index (χ0v) is 10.8. The molecule has 0 bridgehead atoms. The fourth-order valence-electron chi connectivity index (χ4n) is 1.11. The van der Waals surface area contributed by atoms with Crippen molar-refractivity contribution in [2.75, 3.05) is 13.2 Å². The number of rotatable bonds is 5. The Balaban J connectivity index is 2.09. The Hall–Kier alpha value is -0.123. The van der Waals surface area contributed by atoms with Crippen molar-refractivity contribution in [3.63, 3.8) is 0 Å². The van der Waals surface area contributed by atoms with Crippen molar-refractivity contribution in [1.29, 1.82) is 0 Å². The van der Waals surface area contributed by atoms with Crippen molar-refractivity contribution in [3.8, 4) is 0 Å². The molecule has 0 N–H and O–H groups in total. The number of ether oxygens (including phenoxy) is 1. The number of halogens is 1. The van der Waals surface area contributed by atoms with Gasteiger partial charge in [-0.2, -0.15) is 0 Å². The second kappa shape index (κ2) is 5.10. The zero-order valence-electron chi connectivity index (χ0n) is 9.09. The molecule has 0 aromatic carbocycles. The lowest BCUT2D eigenvalue weighted by atomic mass is 10.3. The van der Waals surface area contributed by atoms with E-state index in [1.165, 1.54) is 6.04 Å². The van der Waals surface area contributed by atoms with Crippen LogP contribution in [-0.2, 0) is 4.74 Å². The Kier molecular flexibility index (Phi) is 4.35. The van der Waals surface area contributed by atoms with E-state index in [2.05, 4.69) is 24.6 Å². The first-order valence-electron chi connectivity index (χ1n) is 4.97. The third-order valence-corrected chi connectivity index (χ3v) is 3.96. The topological polar surface area (TPSA) is 21.6 Å². The molecule has 0 radical (unpaired) electrons. The van der Waals surface area contributed by atoms with Gasteiger partial charge >= 0.3 is 0 Å². The predicted octanol–water partition coefficient (Wildman–Crippen LogP) is 2.92. The van der Waals surface area contributed by atoms with E-state index in [1.54, 1.807) is 0 Å². The Morgan fingerprint density at radius 2 is 2.21 bits per heavy atom. The Morgan fingerprint density at radius 3 is 2.71 bits per heavy atom. The third kappa shape index (κ3) is 4.93. The van der Waals surface area contributed by atoms with Gasteiger partial charge in [-0.1, -0.05) is 37.3 Å². The highest BCUT2D eigenvalue weighted by Gasteiger charge is 2.13. The van der Waals surface area contributed by atoms with Crippen LogP contribution in [0.4, 0.5) is 0 Å². The van der Waals surface area contributed by atoms with Gasteiger partial charge in [0.2, 0.25) is 0 Å². The van der Waals surface area contributed by atoms with E-state index in [0.717, 1.165) is 6.61 Å². The minimum absolute atomic E-state index is 0.143. The second-order valence-electron chi connectivity index (χ2n) is 4.76. The van der Waals surface area contributed by atoms with Crippen LogP contribution in [-0.4, -0.2) is 32.5 Å². The molecular formula is C10H18ClNOSi. The molecule has 80 valence electrons. The van der Waals surface area contributed by atoms with Crippen LogP contribution in [0.15, 0.2) is 17.1 Å². The molecule has 0 saturated heterocycles. The van der Waals surface area contributed by atoms with Gasteiger partial charge in [0.1, 0.15) is 5.17 Å². The van der Waals surface area contributed by atoms with Gasteiger partial charge < -0.3 is 4.74 Å². The fourth-order valence-corrected chi connectivity index (χ4v) is 2.07. The highest BCUT2D eigenvalue weighted by atomic mass is 35.5. The van der Waals surface area contributed by atoms with E-state index in [-0.39, 0.29) is 6.04 Å². The summed E-state index contributed by atoms with van der Waals surface area (Å²) in [5, 5.41) is 0.587. The summed E-state index contributed by atoms with van der Waals surface area (Å²) >= 11 is 5.71. The summed E-state index contributed by atoms with van der Waals surface area (Å²) in [7, 11) is -0.952. The van der Waals surface area contributed by atoms with Gasteiger partial charge in [-0.15, -0.1) is 0 Å². The normalized spacial score (nSPS) is 21.4. The van der Waals surface area contributed by atoms with Gasteiger partial charge in [-0.05, 0) is 12.1 Å². The highest BCUT2D eigenvalue weighted by Crippen LogP contribution is 2.10. The van der Waals surface area contributed by atoms with Crippen molar-refractivity contribution in [3.05, 3.63) is 12.2 Å². The van der Waals surface area contributed by atoms with E-state index in [4.69, 9.17) is 16.3 Å². The lowest BCUT2D eigenvalue weighted by molar-refractivity contribution is 0.143. The number of hydrogen-bond acceptors (Lipinski definition) is 2. The maximum Gasteiger partial charge on any atom is 0.124 e. The molecule has 1 rings (SSSR count). The van der Waals surface area contributed by atoms with E-state index < -0.39 is 8.07 Å². The third-order valence-electron chi connectivity index (χ3n) is 2.03. The monoisotopic (exact) mass is 231 g/mol. The number of aliphatic imine (C=N–C) groups is 1. The van der Waals surface area contributed by atoms with Gasteiger partial charge in [0.25, 0.3) is 0 Å². The van der Waals surface area contributed by atoms with Crippen LogP contribution in [0.3, 0.4) is 0 Å². The SMILES string of the molecule is C[Si](C)(C)CCOCC1C=CC(Cl)=N1. The number of allylic oxidation sites excluding steroid dienone is 1. The summed E-state index contributed by atoms with van der Waals surface area (Å²) in [4.78, 5) is 4.18. The van der Waals surface area contributed by atoms with Crippen molar-refractivity contribution < 1.29 is 4.74 Å². The lowest BCUT2D eigenvalue weighted by Crippen LogP contribution is -2.22. The van der Waals surface area contributed by atoms with Gasteiger partial charge in [0.05, 0.1) is 12.6 Å². The molecule has 0 amide bonds. The number of nitrogens with zero attached hydrogens (tertiary/aromatic N) is 1. The first-order valence-corrected chi connectivity index (χ1v) is 9.05. The Labute approximate surface area is 92.0 Å². The summed E-state index contributed by atoms with van der Waals surface area (Å²) in [6, 6.07) is 1.35. The molecule has 0 saturated carbocycles. The molecule has 4 heteroatoms. The van der Waals surface area contributed by atoms with Crippen LogP contribution < -0.4 is 0 Å². The molecule has 1 aliphatic rings. The van der Waals surface area contributed by atoms with Crippen molar-refractivity contribution in [2.24, 2.45) is 4.99 Å². The molecule has 0 aliphatic carbocycles. The molecule has 0 aromatic heterocycles. The fraction of sp³-hybridized carbons (Fsp3) is 0.700. The molecule has 14 heavy (non-hydrogen) atoms. The summed E-state index contributed by atoms with van der Waals surface area (Å²) in [6.45, 7) is 8.56. The molecule has 1 aliphatic heterocycles. The van der Waals surface area contributed by atoms with Crippen LogP contribution in [0.2, 0.25) is 25.7 Å². The summed E-state index contributed by atoms with van der Waals surface area (Å²) in [5.41, 5.74) is 0. The zero-order chi connectivity index (χ0) is 10.6. The van der Waals surface area contributed by atoms with Crippen LogP contribution in [0.5, 0.6) is 0 Å². The molecule has 2 nitrogen and oxygen atoms in total. The minimum atomic E-state index is -0.952. The van der Waals surface area contributed by atoms with Crippen molar-refractivity contribution >= 4 is 24.8 Å². The standard InChI is InChI=1S/C10H18ClNOSi/c1-14(2,3)7-6-13-8-9-4-5-10(11)12-9/h4-5,9H,6-8H2,1-3H3. The highest BCUT2D eigenvalue weighted by molar-refractivity contribution is 6.76. The van der Waals surface area contributed by atoms with Gasteiger partial charge in [-0.25, -0.2) is 0 Å². The average Bonchev–Trinajstić information content (AvgIpc) is 2.44.